The summed E-state index contributed by atoms with van der Waals surface area (Å²) in [6, 6.07) is 0. The summed E-state index contributed by atoms with van der Waals surface area (Å²) < 4.78 is 5.82. The lowest BCUT2D eigenvalue weighted by Crippen LogP contribution is -2.46. The van der Waals surface area contributed by atoms with Gasteiger partial charge in [0.05, 0.1) is 29.8 Å². The zero-order valence-electron chi connectivity index (χ0n) is 13.9. The van der Waals surface area contributed by atoms with Crippen LogP contribution in [0.3, 0.4) is 0 Å². The van der Waals surface area contributed by atoms with Gasteiger partial charge < -0.3 is 15.0 Å². The first-order valence-electron chi connectivity index (χ1n) is 7.98. The van der Waals surface area contributed by atoms with Crippen molar-refractivity contribution in [3.05, 3.63) is 17.7 Å². The van der Waals surface area contributed by atoms with Crippen molar-refractivity contribution in [2.75, 3.05) is 24.5 Å². The minimum absolute atomic E-state index is 0.241. The number of anilines is 1. The van der Waals surface area contributed by atoms with Crippen molar-refractivity contribution in [2.24, 2.45) is 0 Å². The standard InChI is InChI=1S/C16H28N4O/c1-6-17-7-14-15(8-18-16(19-14)11(2)3)20-9-12(4)21-13(5)10-20/h8,11-13,17H,6-7,9-10H2,1-5H3/t12-,13+. The van der Waals surface area contributed by atoms with Crippen LogP contribution in [0.5, 0.6) is 0 Å². The second-order valence-electron chi connectivity index (χ2n) is 6.16. The van der Waals surface area contributed by atoms with E-state index in [1.807, 2.05) is 6.20 Å². The Bertz CT molecular complexity index is 454. The Morgan fingerprint density at radius 1 is 1.33 bits per heavy atom. The van der Waals surface area contributed by atoms with Crippen LogP contribution in [-0.4, -0.2) is 41.8 Å². The van der Waals surface area contributed by atoms with Gasteiger partial charge >= 0.3 is 0 Å². The molecule has 2 rings (SSSR count). The van der Waals surface area contributed by atoms with Gasteiger partial charge in [-0.3, -0.25) is 0 Å². The highest BCUT2D eigenvalue weighted by Crippen LogP contribution is 2.24. The predicted octanol–water partition coefficient (Wildman–Crippen LogP) is 2.32. The summed E-state index contributed by atoms with van der Waals surface area (Å²) in [6.07, 6.45) is 2.47. The third-order valence-electron chi connectivity index (χ3n) is 3.68. The lowest BCUT2D eigenvalue weighted by molar-refractivity contribution is -0.00530. The Morgan fingerprint density at radius 2 is 2.00 bits per heavy atom. The third-order valence-corrected chi connectivity index (χ3v) is 3.68. The lowest BCUT2D eigenvalue weighted by atomic mass is 10.1. The van der Waals surface area contributed by atoms with Crippen LogP contribution in [0.2, 0.25) is 0 Å². The summed E-state index contributed by atoms with van der Waals surface area (Å²) in [6.45, 7) is 14.1. The van der Waals surface area contributed by atoms with Crippen molar-refractivity contribution in [3.8, 4) is 0 Å². The van der Waals surface area contributed by atoms with Gasteiger partial charge in [-0.15, -0.1) is 0 Å². The lowest BCUT2D eigenvalue weighted by Gasteiger charge is -2.37. The van der Waals surface area contributed by atoms with Gasteiger partial charge in [-0.2, -0.15) is 0 Å². The van der Waals surface area contributed by atoms with E-state index in [2.05, 4.69) is 49.8 Å². The fourth-order valence-corrected chi connectivity index (χ4v) is 2.72. The van der Waals surface area contributed by atoms with Crippen molar-refractivity contribution < 1.29 is 4.74 Å². The van der Waals surface area contributed by atoms with E-state index < -0.39 is 0 Å². The number of hydrogen-bond donors (Lipinski definition) is 1. The van der Waals surface area contributed by atoms with Crippen LogP contribution in [0.25, 0.3) is 0 Å². The topological polar surface area (TPSA) is 50.3 Å². The number of nitrogens with one attached hydrogen (secondary N) is 1. The molecule has 0 aromatic carbocycles. The molecule has 5 nitrogen and oxygen atoms in total. The SMILES string of the molecule is CCNCc1nc(C(C)C)ncc1N1C[C@@H](C)O[C@@H](C)C1. The quantitative estimate of drug-likeness (QED) is 0.902. The molecular weight excluding hydrogens is 264 g/mol. The van der Waals surface area contributed by atoms with E-state index in [0.717, 1.165) is 43.4 Å². The van der Waals surface area contributed by atoms with Crippen LogP contribution in [0, 0.1) is 0 Å². The number of ether oxygens (including phenoxy) is 1. The third kappa shape index (κ3) is 4.14. The molecule has 1 fully saturated rings. The predicted molar refractivity (Wildman–Crippen MR) is 85.7 cm³/mol. The maximum absolute atomic E-state index is 5.82. The summed E-state index contributed by atoms with van der Waals surface area (Å²) in [5, 5.41) is 3.38. The average molecular weight is 292 g/mol. The highest BCUT2D eigenvalue weighted by molar-refractivity contribution is 5.50. The minimum atomic E-state index is 0.241. The van der Waals surface area contributed by atoms with Crippen LogP contribution < -0.4 is 10.2 Å². The molecule has 1 N–H and O–H groups in total. The van der Waals surface area contributed by atoms with Gasteiger partial charge in [-0.25, -0.2) is 9.97 Å². The van der Waals surface area contributed by atoms with Crippen molar-refractivity contribution in [3.63, 3.8) is 0 Å². The molecule has 0 unspecified atom stereocenters. The number of hydrogen-bond acceptors (Lipinski definition) is 5. The minimum Gasteiger partial charge on any atom is -0.372 e. The number of aromatic nitrogens is 2. The molecule has 5 heteroatoms. The fourth-order valence-electron chi connectivity index (χ4n) is 2.72. The molecule has 1 aromatic rings. The van der Waals surface area contributed by atoms with Gasteiger partial charge in [-0.1, -0.05) is 20.8 Å². The van der Waals surface area contributed by atoms with E-state index >= 15 is 0 Å². The van der Waals surface area contributed by atoms with Crippen LogP contribution in [0.1, 0.15) is 52.1 Å². The first kappa shape index (κ1) is 16.2. The van der Waals surface area contributed by atoms with E-state index in [-0.39, 0.29) is 12.2 Å². The van der Waals surface area contributed by atoms with Gasteiger partial charge in [0.1, 0.15) is 5.82 Å². The van der Waals surface area contributed by atoms with Gasteiger partial charge in [0.2, 0.25) is 0 Å². The molecule has 1 aromatic heterocycles. The largest absolute Gasteiger partial charge is 0.372 e. The van der Waals surface area contributed by atoms with E-state index in [1.54, 1.807) is 0 Å². The van der Waals surface area contributed by atoms with Gasteiger partial charge in [0.15, 0.2) is 0 Å². The van der Waals surface area contributed by atoms with Crippen molar-refractivity contribution in [1.82, 2.24) is 15.3 Å². The molecule has 0 saturated carbocycles. The smallest absolute Gasteiger partial charge is 0.131 e. The Labute approximate surface area is 128 Å². The van der Waals surface area contributed by atoms with E-state index in [0.29, 0.717) is 5.92 Å². The van der Waals surface area contributed by atoms with Gasteiger partial charge in [0, 0.05) is 25.6 Å². The van der Waals surface area contributed by atoms with Crippen molar-refractivity contribution >= 4 is 5.69 Å². The summed E-state index contributed by atoms with van der Waals surface area (Å²) in [4.78, 5) is 11.7. The number of nitrogens with zero attached hydrogens (tertiary/aromatic N) is 3. The Hall–Kier alpha value is -1.20. The van der Waals surface area contributed by atoms with Crippen LogP contribution in [0.4, 0.5) is 5.69 Å². The van der Waals surface area contributed by atoms with Crippen LogP contribution in [-0.2, 0) is 11.3 Å². The summed E-state index contributed by atoms with van der Waals surface area (Å²) in [7, 11) is 0. The monoisotopic (exact) mass is 292 g/mol. The highest BCUT2D eigenvalue weighted by Gasteiger charge is 2.25. The Balaban J connectivity index is 2.27. The molecule has 0 aliphatic carbocycles. The molecule has 2 heterocycles. The molecule has 0 radical (unpaired) electrons. The van der Waals surface area contributed by atoms with E-state index in [9.17, 15) is 0 Å². The second kappa shape index (κ2) is 7.18. The average Bonchev–Trinajstić information content (AvgIpc) is 2.43. The van der Waals surface area contributed by atoms with Gasteiger partial charge in [0.25, 0.3) is 0 Å². The summed E-state index contributed by atoms with van der Waals surface area (Å²) >= 11 is 0. The molecular formula is C16H28N4O. The molecule has 21 heavy (non-hydrogen) atoms. The highest BCUT2D eigenvalue weighted by atomic mass is 16.5. The maximum atomic E-state index is 5.82. The van der Waals surface area contributed by atoms with Crippen LogP contribution >= 0.6 is 0 Å². The second-order valence-corrected chi connectivity index (χ2v) is 6.16. The fraction of sp³-hybridized carbons (Fsp3) is 0.750. The van der Waals surface area contributed by atoms with E-state index in [1.165, 1.54) is 0 Å². The summed E-state index contributed by atoms with van der Waals surface area (Å²) in [5.74, 6) is 1.27. The van der Waals surface area contributed by atoms with Crippen molar-refractivity contribution in [2.45, 2.75) is 59.3 Å². The molecule has 1 aliphatic heterocycles. The molecule has 1 aliphatic rings. The zero-order valence-corrected chi connectivity index (χ0v) is 13.9. The first-order valence-corrected chi connectivity index (χ1v) is 7.98. The Kier molecular flexibility index (Phi) is 5.53. The number of rotatable bonds is 5. The normalized spacial score (nSPS) is 22.9. The first-order chi connectivity index (χ1) is 10.0. The molecule has 0 amide bonds. The molecule has 118 valence electrons. The van der Waals surface area contributed by atoms with Crippen LogP contribution in [0.15, 0.2) is 6.20 Å². The molecule has 0 bridgehead atoms. The number of morpholine rings is 1. The maximum Gasteiger partial charge on any atom is 0.131 e. The molecule has 2 atom stereocenters. The van der Waals surface area contributed by atoms with Gasteiger partial charge in [-0.05, 0) is 20.4 Å². The Morgan fingerprint density at radius 3 is 2.57 bits per heavy atom. The summed E-state index contributed by atoms with van der Waals surface area (Å²) in [5.41, 5.74) is 2.24. The zero-order chi connectivity index (χ0) is 15.4. The molecule has 0 spiro atoms. The molecule has 1 saturated heterocycles. The van der Waals surface area contributed by atoms with E-state index in [4.69, 9.17) is 9.72 Å². The van der Waals surface area contributed by atoms with Crippen molar-refractivity contribution in [1.29, 1.82) is 0 Å².